The number of hydrogen-bond donors (Lipinski definition) is 3. The Morgan fingerprint density at radius 3 is 2.92 bits per heavy atom. The molecule has 1 aromatic rings. The molecule has 1 amide bonds. The lowest BCUT2D eigenvalue weighted by molar-refractivity contribution is -0.0907. The maximum atomic E-state index is 13.7. The van der Waals surface area contributed by atoms with Crippen LogP contribution in [0.25, 0.3) is 0 Å². The van der Waals surface area contributed by atoms with Crippen molar-refractivity contribution in [2.45, 2.75) is 55.0 Å². The number of carbonyl (C=O) groups excluding carboxylic acids is 1. The van der Waals surface area contributed by atoms with E-state index in [-0.39, 0.29) is 42.5 Å². The molecule has 0 saturated carbocycles. The number of nitrogens with zero attached hydrogens (tertiary/aromatic N) is 1. The molecule has 3 aliphatic rings. The van der Waals surface area contributed by atoms with Gasteiger partial charge in [-0.05, 0) is 44.4 Å². The zero-order valence-corrected chi connectivity index (χ0v) is 22.4. The molecule has 1 aromatic carbocycles. The van der Waals surface area contributed by atoms with Gasteiger partial charge in [-0.1, -0.05) is 0 Å². The number of fused-ring (bicyclic) bond motifs is 2. The number of methoxy groups -OCH3 is 1. The predicted molar refractivity (Wildman–Crippen MR) is 137 cm³/mol. The third-order valence-corrected chi connectivity index (χ3v) is 8.80. The Labute approximate surface area is 224 Å². The molecule has 38 heavy (non-hydrogen) atoms. The van der Waals surface area contributed by atoms with Crippen molar-refractivity contribution < 1.29 is 42.0 Å². The number of hydrogen-bond acceptors (Lipinski definition) is 10. The first kappa shape index (κ1) is 28.9. The number of amides is 1. The second-order valence-corrected chi connectivity index (χ2v) is 11.4. The van der Waals surface area contributed by atoms with Crippen LogP contribution in [0.3, 0.4) is 0 Å². The van der Waals surface area contributed by atoms with Crippen molar-refractivity contribution in [1.82, 2.24) is 14.9 Å². The topological polar surface area (TPSA) is 145 Å². The van der Waals surface area contributed by atoms with Crippen LogP contribution in [0.15, 0.2) is 23.1 Å². The fourth-order valence-corrected chi connectivity index (χ4v) is 6.27. The Morgan fingerprint density at radius 1 is 1.26 bits per heavy atom. The molecule has 12 nitrogen and oxygen atoms in total. The highest BCUT2D eigenvalue weighted by atomic mass is 32.2. The van der Waals surface area contributed by atoms with Gasteiger partial charge in [-0.25, -0.2) is 13.2 Å². The molecule has 3 aliphatic heterocycles. The minimum absolute atomic E-state index is 0.0414. The third-order valence-electron chi connectivity index (χ3n) is 6.90. The summed E-state index contributed by atoms with van der Waals surface area (Å²) in [4.78, 5) is 12.4. The van der Waals surface area contributed by atoms with Gasteiger partial charge in [0.1, 0.15) is 30.3 Å². The fraction of sp³-hybridized carbons (Fsp3) is 0.708. The van der Waals surface area contributed by atoms with Crippen molar-refractivity contribution in [3.8, 4) is 11.5 Å². The molecular weight excluding hydrogens is 517 g/mol. The van der Waals surface area contributed by atoms with Crippen LogP contribution in [0.5, 0.6) is 11.5 Å². The van der Waals surface area contributed by atoms with Crippen molar-refractivity contribution in [1.29, 1.82) is 0 Å². The number of aliphatic hydroxyl groups is 1. The van der Waals surface area contributed by atoms with Crippen LogP contribution >= 0.6 is 0 Å². The molecule has 0 aromatic heterocycles. The van der Waals surface area contributed by atoms with E-state index in [0.29, 0.717) is 25.5 Å². The lowest BCUT2D eigenvalue weighted by Crippen LogP contribution is -2.51. The predicted octanol–water partition coefficient (Wildman–Crippen LogP) is 0.181. The molecule has 0 bridgehead atoms. The van der Waals surface area contributed by atoms with E-state index in [4.69, 9.17) is 31.5 Å². The highest BCUT2D eigenvalue weighted by molar-refractivity contribution is 7.89. The van der Waals surface area contributed by atoms with Gasteiger partial charge >= 0.3 is 6.09 Å². The van der Waals surface area contributed by atoms with Crippen molar-refractivity contribution in [3.05, 3.63) is 18.2 Å². The number of benzene rings is 1. The van der Waals surface area contributed by atoms with E-state index in [9.17, 15) is 18.3 Å². The minimum atomic E-state index is -4.11. The highest BCUT2D eigenvalue weighted by Crippen LogP contribution is 2.33. The number of carbonyl (C=O) groups is 1. The van der Waals surface area contributed by atoms with Gasteiger partial charge < -0.3 is 39.4 Å². The number of rotatable bonds is 6. The van der Waals surface area contributed by atoms with Crippen LogP contribution in [0, 0.1) is 5.92 Å². The molecule has 2 fully saturated rings. The Balaban J connectivity index is 1.44. The number of sulfonamides is 1. The quantitative estimate of drug-likeness (QED) is 0.418. The second-order valence-electron chi connectivity index (χ2n) is 9.54. The van der Waals surface area contributed by atoms with E-state index in [2.05, 4.69) is 10.6 Å². The lowest BCUT2D eigenvalue weighted by atomic mass is 9.91. The van der Waals surface area contributed by atoms with Crippen molar-refractivity contribution >= 4 is 24.0 Å². The first-order valence-electron chi connectivity index (χ1n) is 13.0. The third kappa shape index (κ3) is 7.10. The summed E-state index contributed by atoms with van der Waals surface area (Å²) >= 11 is 0. The van der Waals surface area contributed by atoms with Crippen LogP contribution in [-0.4, -0.2) is 109 Å². The summed E-state index contributed by atoms with van der Waals surface area (Å²) < 4.78 is 56.0. The second kappa shape index (κ2) is 13.3. The minimum Gasteiger partial charge on any atom is -0.497 e. The SMILES string of the molecule is [B][C@H](NC(=O)O[C@H]1CO[C@H]2OCC[C@H]21)[C@H](O)CN1CCNCCCCCOc2cc(OC)ccc2S1(=O)=O. The van der Waals surface area contributed by atoms with Gasteiger partial charge in [-0.3, -0.25) is 0 Å². The normalized spacial score (nSPS) is 27.8. The Kier molecular flexibility index (Phi) is 10.1. The highest BCUT2D eigenvalue weighted by Gasteiger charge is 2.44. The summed E-state index contributed by atoms with van der Waals surface area (Å²) in [5, 5.41) is 16.4. The summed E-state index contributed by atoms with van der Waals surface area (Å²) in [5.41, 5.74) is 0. The van der Waals surface area contributed by atoms with Crippen molar-refractivity contribution in [2.24, 2.45) is 5.92 Å². The Morgan fingerprint density at radius 2 is 2.11 bits per heavy atom. The van der Waals surface area contributed by atoms with Gasteiger partial charge in [0, 0.05) is 31.6 Å². The molecule has 0 unspecified atom stereocenters. The van der Waals surface area contributed by atoms with Crippen LogP contribution in [0.4, 0.5) is 4.79 Å². The summed E-state index contributed by atoms with van der Waals surface area (Å²) in [7, 11) is 3.41. The summed E-state index contributed by atoms with van der Waals surface area (Å²) in [6, 6.07) is 4.51. The molecule has 4 rings (SSSR count). The summed E-state index contributed by atoms with van der Waals surface area (Å²) in [6.45, 7) is 1.92. The molecule has 0 spiro atoms. The first-order valence-corrected chi connectivity index (χ1v) is 14.4. The summed E-state index contributed by atoms with van der Waals surface area (Å²) in [5.74, 6) is -0.689. The Bertz CT molecular complexity index is 1050. The number of nitrogens with one attached hydrogen (secondary N) is 2. The lowest BCUT2D eigenvalue weighted by Gasteiger charge is -2.29. The smallest absolute Gasteiger partial charge is 0.407 e. The number of β-amino-alcohol motifs (C(OH)–C–C–N with tert-alkyl or cyclic N) is 1. The molecular formula is C24H36BN3O9S. The zero-order valence-electron chi connectivity index (χ0n) is 21.5. The molecule has 3 heterocycles. The standard InChI is InChI=1S/C24H36BN3O9S/c1-33-16-5-6-21-19(13-16)34-11-4-2-3-8-26-9-10-28(38(21,31)32)14-18(29)22(25)27-24(30)37-20-15-36-23-17(20)7-12-35-23/h5-6,13,17-18,20,22-23,26,29H,2-4,7-12,14-15H2,1H3,(H,27,30)/t17-,18+,20-,22+,23+/m0/s1. The van der Waals surface area contributed by atoms with E-state index in [1.54, 1.807) is 6.07 Å². The van der Waals surface area contributed by atoms with Gasteiger partial charge in [0.25, 0.3) is 0 Å². The monoisotopic (exact) mass is 553 g/mol. The van der Waals surface area contributed by atoms with Gasteiger partial charge in [0.2, 0.25) is 10.0 Å². The zero-order chi connectivity index (χ0) is 27.1. The van der Waals surface area contributed by atoms with Gasteiger partial charge in [0.15, 0.2) is 6.29 Å². The van der Waals surface area contributed by atoms with Crippen molar-refractivity contribution in [3.63, 3.8) is 0 Å². The van der Waals surface area contributed by atoms with Gasteiger partial charge in [-0.15, -0.1) is 0 Å². The van der Waals surface area contributed by atoms with E-state index < -0.39 is 34.3 Å². The van der Waals surface area contributed by atoms with Crippen LogP contribution in [0.1, 0.15) is 25.7 Å². The summed E-state index contributed by atoms with van der Waals surface area (Å²) in [6.07, 6.45) is 0.242. The van der Waals surface area contributed by atoms with E-state index >= 15 is 0 Å². The average molecular weight is 553 g/mol. The molecule has 2 radical (unpaired) electrons. The molecule has 0 aliphatic carbocycles. The number of alkyl carbamates (subject to hydrolysis) is 1. The molecule has 3 N–H and O–H groups in total. The molecule has 5 atom stereocenters. The van der Waals surface area contributed by atoms with Crippen LogP contribution in [-0.2, 0) is 24.2 Å². The Hall–Kier alpha value is -2.10. The fourth-order valence-electron chi connectivity index (χ4n) is 4.70. The van der Waals surface area contributed by atoms with Crippen molar-refractivity contribution in [2.75, 3.05) is 53.1 Å². The molecule has 210 valence electrons. The van der Waals surface area contributed by atoms with E-state index in [1.807, 2.05) is 0 Å². The van der Waals surface area contributed by atoms with Crippen LogP contribution < -0.4 is 20.1 Å². The first-order chi connectivity index (χ1) is 18.3. The number of ether oxygens (including phenoxy) is 5. The maximum absolute atomic E-state index is 13.7. The van der Waals surface area contributed by atoms with E-state index in [0.717, 1.165) is 36.5 Å². The molecule has 2 saturated heterocycles. The van der Waals surface area contributed by atoms with Gasteiger partial charge in [0.05, 0.1) is 39.0 Å². The average Bonchev–Trinajstić information content (AvgIpc) is 3.51. The maximum Gasteiger partial charge on any atom is 0.407 e. The van der Waals surface area contributed by atoms with Crippen LogP contribution in [0.2, 0.25) is 0 Å². The number of aliphatic hydroxyl groups excluding tert-OH is 1. The largest absolute Gasteiger partial charge is 0.497 e. The van der Waals surface area contributed by atoms with E-state index in [1.165, 1.54) is 19.2 Å². The molecule has 14 heteroatoms. The van der Waals surface area contributed by atoms with Gasteiger partial charge in [-0.2, -0.15) is 4.31 Å².